The second-order valence-corrected chi connectivity index (χ2v) is 9.40. The minimum atomic E-state index is -3.19. The largest absolute Gasteiger partial charge is 0.299 e. The van der Waals surface area contributed by atoms with Crippen LogP contribution in [0, 0.1) is 0 Å². The van der Waals surface area contributed by atoms with Crippen LogP contribution in [0.15, 0.2) is 29.2 Å². The first-order valence-electron chi connectivity index (χ1n) is 6.18. The van der Waals surface area contributed by atoms with Crippen molar-refractivity contribution in [3.8, 4) is 0 Å². The lowest BCUT2D eigenvalue weighted by atomic mass is 10.1. The summed E-state index contributed by atoms with van der Waals surface area (Å²) in [5, 5.41) is 0. The van der Waals surface area contributed by atoms with Gasteiger partial charge < -0.3 is 0 Å². The molecule has 0 amide bonds. The molecule has 0 aliphatic heterocycles. The molecule has 0 N–H and O–H groups in total. The zero-order chi connectivity index (χ0) is 15.6. The topological polar surface area (TPSA) is 71.5 Å². The van der Waals surface area contributed by atoms with Crippen LogP contribution in [0.3, 0.4) is 0 Å². The van der Waals surface area contributed by atoms with Gasteiger partial charge in [-0.25, -0.2) is 16.8 Å². The van der Waals surface area contributed by atoms with E-state index in [1.54, 1.807) is 24.3 Å². The molecule has 7 heteroatoms. The molecule has 0 saturated carbocycles. The molecule has 114 valence electrons. The molecule has 5 nitrogen and oxygen atoms in total. The van der Waals surface area contributed by atoms with Crippen molar-refractivity contribution in [1.29, 1.82) is 0 Å². The van der Waals surface area contributed by atoms with Crippen LogP contribution in [0.5, 0.6) is 0 Å². The third-order valence-electron chi connectivity index (χ3n) is 3.27. The van der Waals surface area contributed by atoms with E-state index in [9.17, 15) is 16.8 Å². The van der Waals surface area contributed by atoms with Crippen LogP contribution in [-0.2, 0) is 19.7 Å². The lowest BCUT2D eigenvalue weighted by Crippen LogP contribution is -2.28. The first-order chi connectivity index (χ1) is 9.00. The van der Waals surface area contributed by atoms with Crippen molar-refractivity contribution in [3.63, 3.8) is 0 Å². The number of rotatable bonds is 6. The molecular formula is C13H21NO4S2. The Labute approximate surface area is 121 Å². The van der Waals surface area contributed by atoms with E-state index in [0.29, 0.717) is 6.54 Å². The second-order valence-electron chi connectivity index (χ2n) is 5.13. The molecule has 0 fully saturated rings. The number of hydrogen-bond donors (Lipinski definition) is 0. The van der Waals surface area contributed by atoms with Crippen LogP contribution in [0.1, 0.15) is 18.5 Å². The van der Waals surface area contributed by atoms with Crippen molar-refractivity contribution in [2.24, 2.45) is 0 Å². The Morgan fingerprint density at radius 3 is 1.95 bits per heavy atom. The van der Waals surface area contributed by atoms with E-state index >= 15 is 0 Å². The van der Waals surface area contributed by atoms with Gasteiger partial charge in [-0.1, -0.05) is 12.1 Å². The zero-order valence-corrected chi connectivity index (χ0v) is 13.8. The van der Waals surface area contributed by atoms with E-state index in [2.05, 4.69) is 0 Å². The molecule has 0 bridgehead atoms. The van der Waals surface area contributed by atoms with E-state index in [4.69, 9.17) is 0 Å². The Bertz CT molecular complexity index is 648. The maximum absolute atomic E-state index is 11.4. The summed E-state index contributed by atoms with van der Waals surface area (Å²) in [6, 6.07) is 6.69. The SMILES string of the molecule is CC(c1ccc(S(C)(=O)=O)cc1)N(C)CCS(C)(=O)=O. The van der Waals surface area contributed by atoms with Crippen molar-refractivity contribution in [2.75, 3.05) is 31.9 Å². The maximum Gasteiger partial charge on any atom is 0.175 e. The highest BCUT2D eigenvalue weighted by Crippen LogP contribution is 2.20. The highest BCUT2D eigenvalue weighted by molar-refractivity contribution is 7.91. The molecule has 1 unspecified atom stereocenters. The summed E-state index contributed by atoms with van der Waals surface area (Å²) in [6.45, 7) is 2.39. The summed E-state index contributed by atoms with van der Waals surface area (Å²) in [5.41, 5.74) is 0.952. The summed E-state index contributed by atoms with van der Waals surface area (Å²) in [5.74, 6) is 0.106. The zero-order valence-electron chi connectivity index (χ0n) is 12.2. The van der Waals surface area contributed by atoms with Gasteiger partial charge in [0.2, 0.25) is 0 Å². The van der Waals surface area contributed by atoms with Gasteiger partial charge in [0.05, 0.1) is 10.6 Å². The van der Waals surface area contributed by atoms with E-state index in [0.717, 1.165) is 5.56 Å². The maximum atomic E-state index is 11.4. The van der Waals surface area contributed by atoms with Gasteiger partial charge in [-0.05, 0) is 31.7 Å². The molecule has 1 rings (SSSR count). The van der Waals surface area contributed by atoms with Crippen molar-refractivity contribution in [3.05, 3.63) is 29.8 Å². The van der Waals surface area contributed by atoms with Crippen molar-refractivity contribution in [2.45, 2.75) is 17.9 Å². The van der Waals surface area contributed by atoms with Crippen LogP contribution in [0.25, 0.3) is 0 Å². The predicted molar refractivity (Wildman–Crippen MR) is 80.3 cm³/mol. The molecule has 0 saturated heterocycles. The molecule has 0 radical (unpaired) electrons. The van der Waals surface area contributed by atoms with E-state index < -0.39 is 19.7 Å². The number of nitrogens with zero attached hydrogens (tertiary/aromatic N) is 1. The molecular weight excluding hydrogens is 298 g/mol. The van der Waals surface area contributed by atoms with Gasteiger partial charge in [-0.2, -0.15) is 0 Å². The van der Waals surface area contributed by atoms with E-state index in [-0.39, 0.29) is 16.7 Å². The summed E-state index contributed by atoms with van der Waals surface area (Å²) in [7, 11) is -4.32. The first kappa shape index (κ1) is 17.1. The van der Waals surface area contributed by atoms with Gasteiger partial charge in [-0.3, -0.25) is 4.90 Å². The van der Waals surface area contributed by atoms with Crippen molar-refractivity contribution in [1.82, 2.24) is 4.90 Å². The van der Waals surface area contributed by atoms with Gasteiger partial charge in [0.15, 0.2) is 9.84 Å². The fraction of sp³-hybridized carbons (Fsp3) is 0.538. The van der Waals surface area contributed by atoms with Crippen LogP contribution < -0.4 is 0 Å². The monoisotopic (exact) mass is 319 g/mol. The van der Waals surface area contributed by atoms with Gasteiger partial charge in [-0.15, -0.1) is 0 Å². The second kappa shape index (κ2) is 6.24. The van der Waals surface area contributed by atoms with Gasteiger partial charge >= 0.3 is 0 Å². The Kier molecular flexibility index (Phi) is 5.34. The lowest BCUT2D eigenvalue weighted by Gasteiger charge is -2.24. The molecule has 0 spiro atoms. The molecule has 1 aromatic rings. The molecule has 0 aromatic heterocycles. The normalized spacial score (nSPS) is 14.4. The molecule has 20 heavy (non-hydrogen) atoms. The molecule has 0 aliphatic carbocycles. The quantitative estimate of drug-likeness (QED) is 0.786. The van der Waals surface area contributed by atoms with E-state index in [1.165, 1.54) is 12.5 Å². The Hall–Kier alpha value is -0.920. The average Bonchev–Trinajstić information content (AvgIpc) is 2.33. The number of hydrogen-bond acceptors (Lipinski definition) is 5. The third-order valence-corrected chi connectivity index (χ3v) is 5.32. The molecule has 1 atom stereocenters. The van der Waals surface area contributed by atoms with Crippen LogP contribution >= 0.6 is 0 Å². The Morgan fingerprint density at radius 1 is 1.05 bits per heavy atom. The third kappa shape index (κ3) is 5.22. The average molecular weight is 319 g/mol. The van der Waals surface area contributed by atoms with Crippen molar-refractivity contribution < 1.29 is 16.8 Å². The highest BCUT2D eigenvalue weighted by atomic mass is 32.2. The Balaban J connectivity index is 2.79. The summed E-state index contributed by atoms with van der Waals surface area (Å²) in [6.07, 6.45) is 2.38. The molecule has 0 heterocycles. The number of sulfone groups is 2. The summed E-state index contributed by atoms with van der Waals surface area (Å²) in [4.78, 5) is 2.21. The van der Waals surface area contributed by atoms with Crippen LogP contribution in [-0.4, -0.2) is 53.6 Å². The summed E-state index contributed by atoms with van der Waals surface area (Å²) < 4.78 is 45.1. The first-order valence-corrected chi connectivity index (χ1v) is 10.1. The molecule has 0 aliphatic rings. The molecule has 1 aromatic carbocycles. The predicted octanol–water partition coefficient (Wildman–Crippen LogP) is 1.13. The van der Waals surface area contributed by atoms with Crippen LogP contribution in [0.2, 0.25) is 0 Å². The highest BCUT2D eigenvalue weighted by Gasteiger charge is 2.14. The fourth-order valence-corrected chi connectivity index (χ4v) is 3.00. The van der Waals surface area contributed by atoms with Gasteiger partial charge in [0.1, 0.15) is 9.84 Å². The lowest BCUT2D eigenvalue weighted by molar-refractivity contribution is 0.276. The van der Waals surface area contributed by atoms with Gasteiger partial charge in [0.25, 0.3) is 0 Å². The van der Waals surface area contributed by atoms with E-state index in [1.807, 2.05) is 18.9 Å². The fourth-order valence-electron chi connectivity index (χ4n) is 1.75. The minimum Gasteiger partial charge on any atom is -0.299 e. The standard InChI is InChI=1S/C13H21NO4S2/c1-11(14(2)9-10-19(3,15)16)12-5-7-13(8-6-12)20(4,17)18/h5-8,11H,9-10H2,1-4H3. The summed E-state index contributed by atoms with van der Waals surface area (Å²) >= 11 is 0. The van der Waals surface area contributed by atoms with Gasteiger partial charge in [0, 0.05) is 25.1 Å². The van der Waals surface area contributed by atoms with Crippen LogP contribution in [0.4, 0.5) is 0 Å². The van der Waals surface area contributed by atoms with Crippen molar-refractivity contribution >= 4 is 19.7 Å². The minimum absolute atomic E-state index is 0.0189. The number of benzene rings is 1. The Morgan fingerprint density at radius 2 is 1.55 bits per heavy atom. The smallest absolute Gasteiger partial charge is 0.175 e.